The molecule has 0 spiro atoms. The van der Waals surface area contributed by atoms with Gasteiger partial charge in [0.1, 0.15) is 11.2 Å². The average molecular weight is 390 g/mol. The Bertz CT molecular complexity index is 1170. The number of rotatable bonds is 5. The van der Waals surface area contributed by atoms with Crippen molar-refractivity contribution in [1.29, 1.82) is 0 Å². The summed E-state index contributed by atoms with van der Waals surface area (Å²) < 4.78 is 0. The molecule has 2 heterocycles. The van der Waals surface area contributed by atoms with Crippen molar-refractivity contribution in [3.63, 3.8) is 0 Å². The molecule has 5 rings (SSSR count). The molecule has 4 nitrogen and oxygen atoms in total. The van der Waals surface area contributed by atoms with Crippen LogP contribution in [0.5, 0.6) is 0 Å². The minimum atomic E-state index is -0.592. The van der Waals surface area contributed by atoms with Gasteiger partial charge in [0.15, 0.2) is 0 Å². The second kappa shape index (κ2) is 7.58. The molecule has 0 atom stereocenters. The third-order valence-electron chi connectivity index (χ3n) is 5.61. The molecular formula is C26H22N4. The summed E-state index contributed by atoms with van der Waals surface area (Å²) in [5, 5.41) is 0. The van der Waals surface area contributed by atoms with Gasteiger partial charge in [-0.25, -0.2) is 4.98 Å². The number of imidazole rings is 1. The molecule has 5 aromatic rings. The van der Waals surface area contributed by atoms with E-state index in [2.05, 4.69) is 82.8 Å². The van der Waals surface area contributed by atoms with Gasteiger partial charge in [-0.3, -0.25) is 4.98 Å². The van der Waals surface area contributed by atoms with Gasteiger partial charge in [-0.05, 0) is 22.8 Å². The van der Waals surface area contributed by atoms with E-state index in [1.54, 1.807) is 0 Å². The van der Waals surface area contributed by atoms with Crippen LogP contribution in [-0.4, -0.2) is 15.0 Å². The number of hydrogen-bond acceptors (Lipinski definition) is 3. The first-order chi connectivity index (χ1) is 14.8. The van der Waals surface area contributed by atoms with Crippen molar-refractivity contribution in [3.8, 4) is 0 Å². The number of pyridine rings is 1. The number of aromatic nitrogens is 3. The Morgan fingerprint density at radius 2 is 1.23 bits per heavy atom. The molecule has 0 bridgehead atoms. The van der Waals surface area contributed by atoms with E-state index in [0.717, 1.165) is 39.2 Å². The predicted molar refractivity (Wildman–Crippen MR) is 120 cm³/mol. The van der Waals surface area contributed by atoms with Crippen LogP contribution in [0.1, 0.15) is 28.2 Å². The minimum Gasteiger partial charge on any atom is -0.339 e. The number of aromatic amines is 1. The van der Waals surface area contributed by atoms with Crippen molar-refractivity contribution in [3.05, 3.63) is 131 Å². The Morgan fingerprint density at radius 1 is 0.733 bits per heavy atom. The lowest BCUT2D eigenvalue weighted by Crippen LogP contribution is -2.32. The lowest BCUT2D eigenvalue weighted by molar-refractivity contribution is 0.695. The van der Waals surface area contributed by atoms with Crippen molar-refractivity contribution in [2.45, 2.75) is 12.0 Å². The summed E-state index contributed by atoms with van der Waals surface area (Å²) in [6.07, 6.45) is 1.82. The summed E-state index contributed by atoms with van der Waals surface area (Å²) in [6.45, 7) is 0.388. The van der Waals surface area contributed by atoms with Gasteiger partial charge < -0.3 is 10.7 Å². The largest absolute Gasteiger partial charge is 0.339 e. The third kappa shape index (κ3) is 2.90. The van der Waals surface area contributed by atoms with Crippen LogP contribution >= 0.6 is 0 Å². The van der Waals surface area contributed by atoms with Gasteiger partial charge in [-0.1, -0.05) is 91.0 Å². The normalized spacial score (nSPS) is 11.6. The molecule has 0 amide bonds. The molecule has 2 aromatic heterocycles. The Labute approximate surface area is 175 Å². The maximum atomic E-state index is 5.81. The molecule has 0 saturated heterocycles. The van der Waals surface area contributed by atoms with Gasteiger partial charge in [0.05, 0.1) is 22.9 Å². The van der Waals surface area contributed by atoms with E-state index < -0.39 is 5.41 Å². The van der Waals surface area contributed by atoms with Crippen LogP contribution < -0.4 is 5.73 Å². The first-order valence-corrected chi connectivity index (χ1v) is 10.0. The molecule has 30 heavy (non-hydrogen) atoms. The Kier molecular flexibility index (Phi) is 4.62. The van der Waals surface area contributed by atoms with E-state index in [0.29, 0.717) is 6.54 Å². The van der Waals surface area contributed by atoms with E-state index in [1.807, 2.05) is 30.5 Å². The van der Waals surface area contributed by atoms with Crippen molar-refractivity contribution in [2.75, 3.05) is 0 Å². The maximum absolute atomic E-state index is 5.81. The van der Waals surface area contributed by atoms with Gasteiger partial charge in [0.2, 0.25) is 0 Å². The lowest BCUT2D eigenvalue weighted by atomic mass is 9.69. The van der Waals surface area contributed by atoms with Crippen LogP contribution in [0.25, 0.3) is 11.0 Å². The highest BCUT2D eigenvalue weighted by atomic mass is 15.0. The number of fused-ring (bicyclic) bond motifs is 1. The molecule has 0 radical (unpaired) electrons. The lowest BCUT2D eigenvalue weighted by Gasteiger charge is -2.34. The van der Waals surface area contributed by atoms with E-state index in [1.165, 1.54) is 0 Å². The van der Waals surface area contributed by atoms with Gasteiger partial charge in [-0.2, -0.15) is 0 Å². The Balaban J connectivity index is 1.89. The third-order valence-corrected chi connectivity index (χ3v) is 5.61. The number of benzene rings is 3. The van der Waals surface area contributed by atoms with Crippen LogP contribution in [0.4, 0.5) is 0 Å². The van der Waals surface area contributed by atoms with Crippen LogP contribution in [-0.2, 0) is 12.0 Å². The number of nitrogens with one attached hydrogen (secondary N) is 1. The van der Waals surface area contributed by atoms with Crippen LogP contribution in [0.3, 0.4) is 0 Å². The first kappa shape index (κ1) is 18.3. The molecule has 3 N–H and O–H groups in total. The quantitative estimate of drug-likeness (QED) is 0.424. The summed E-state index contributed by atoms with van der Waals surface area (Å²) in [5.74, 6) is 0.858. The summed E-state index contributed by atoms with van der Waals surface area (Å²) in [4.78, 5) is 13.1. The first-order valence-electron chi connectivity index (χ1n) is 10.0. The fourth-order valence-corrected chi connectivity index (χ4v) is 4.22. The maximum Gasteiger partial charge on any atom is 0.127 e. The van der Waals surface area contributed by atoms with Gasteiger partial charge >= 0.3 is 0 Å². The fourth-order valence-electron chi connectivity index (χ4n) is 4.22. The molecule has 0 aliphatic rings. The average Bonchev–Trinajstić information content (AvgIpc) is 3.25. The van der Waals surface area contributed by atoms with E-state index in [-0.39, 0.29) is 0 Å². The standard InChI is InChI=1S/C26H22N4/c27-17-22-16-23-24(18-28-22)30-25(29-23)26(19-10-4-1-5-11-19,20-12-6-2-7-13-20)21-14-8-3-9-15-21/h1-16,18H,17,27H2,(H,29,30). The van der Waals surface area contributed by atoms with Gasteiger partial charge in [0.25, 0.3) is 0 Å². The monoisotopic (exact) mass is 390 g/mol. The number of H-pyrrole nitrogens is 1. The molecule has 4 heteroatoms. The molecular weight excluding hydrogens is 368 g/mol. The molecule has 146 valence electrons. The number of hydrogen-bond donors (Lipinski definition) is 2. The zero-order valence-electron chi connectivity index (χ0n) is 16.5. The van der Waals surface area contributed by atoms with Gasteiger partial charge in [0, 0.05) is 6.54 Å². The molecule has 0 unspecified atom stereocenters. The smallest absolute Gasteiger partial charge is 0.127 e. The number of nitrogens with zero attached hydrogens (tertiary/aromatic N) is 2. The summed E-state index contributed by atoms with van der Waals surface area (Å²) in [7, 11) is 0. The molecule has 3 aromatic carbocycles. The highest BCUT2D eigenvalue weighted by Crippen LogP contribution is 2.44. The van der Waals surface area contributed by atoms with Crippen molar-refractivity contribution in [1.82, 2.24) is 15.0 Å². The summed E-state index contributed by atoms with van der Waals surface area (Å²) >= 11 is 0. The zero-order valence-corrected chi connectivity index (χ0v) is 16.5. The van der Waals surface area contributed by atoms with E-state index >= 15 is 0 Å². The molecule has 0 saturated carbocycles. The molecule has 0 aliphatic heterocycles. The van der Waals surface area contributed by atoms with Crippen molar-refractivity contribution in [2.24, 2.45) is 5.73 Å². The van der Waals surface area contributed by atoms with Crippen molar-refractivity contribution < 1.29 is 0 Å². The van der Waals surface area contributed by atoms with Crippen LogP contribution in [0, 0.1) is 0 Å². The van der Waals surface area contributed by atoms with Crippen LogP contribution in [0.15, 0.2) is 103 Å². The van der Waals surface area contributed by atoms with Gasteiger partial charge in [-0.15, -0.1) is 0 Å². The zero-order chi connectivity index (χ0) is 20.4. The van der Waals surface area contributed by atoms with Crippen molar-refractivity contribution >= 4 is 11.0 Å². The highest BCUT2D eigenvalue weighted by molar-refractivity contribution is 5.76. The predicted octanol–water partition coefficient (Wildman–Crippen LogP) is 4.80. The topological polar surface area (TPSA) is 67.6 Å². The number of nitrogens with two attached hydrogens (primary N) is 1. The SMILES string of the molecule is NCc1cc2nc(C(c3ccccc3)(c3ccccc3)c3ccccc3)[nH]c2cn1. The summed E-state index contributed by atoms with van der Waals surface area (Å²) in [5.41, 5.74) is 11.2. The van der Waals surface area contributed by atoms with E-state index in [4.69, 9.17) is 10.7 Å². The molecule has 0 aliphatic carbocycles. The second-order valence-electron chi connectivity index (χ2n) is 7.33. The second-order valence-corrected chi connectivity index (χ2v) is 7.33. The molecule has 0 fully saturated rings. The Morgan fingerprint density at radius 3 is 1.70 bits per heavy atom. The highest BCUT2D eigenvalue weighted by Gasteiger charge is 2.41. The van der Waals surface area contributed by atoms with E-state index in [9.17, 15) is 0 Å². The van der Waals surface area contributed by atoms with Crippen LogP contribution in [0.2, 0.25) is 0 Å². The minimum absolute atomic E-state index is 0.388. The Hall–Kier alpha value is -3.76. The summed E-state index contributed by atoms with van der Waals surface area (Å²) in [6, 6.07) is 33.5. The fraction of sp³-hybridized carbons (Fsp3) is 0.0769.